The standard InChI is InChI=1S/C12H21NO3S/c1-8-4-3-5-10(9(8)2)13-11(14)6-17-7-12(15)16/h8-10H,3-7H2,1-2H3,(H,13,14)(H,15,16)/t8-,9-,10-/m1/s1. The molecule has 98 valence electrons. The molecule has 1 saturated carbocycles. The molecule has 1 rings (SSSR count). The molecule has 0 aromatic rings. The lowest BCUT2D eigenvalue weighted by Crippen LogP contribution is -2.44. The first kappa shape index (κ1) is 14.4. The van der Waals surface area contributed by atoms with Crippen LogP contribution in [0.1, 0.15) is 33.1 Å². The summed E-state index contributed by atoms with van der Waals surface area (Å²) in [5.41, 5.74) is 0. The number of thioether (sulfide) groups is 1. The van der Waals surface area contributed by atoms with Crippen LogP contribution in [0.3, 0.4) is 0 Å². The van der Waals surface area contributed by atoms with Gasteiger partial charge in [0, 0.05) is 6.04 Å². The number of carboxylic acid groups (broad SMARTS) is 1. The van der Waals surface area contributed by atoms with E-state index in [1.54, 1.807) is 0 Å². The molecule has 0 heterocycles. The van der Waals surface area contributed by atoms with Gasteiger partial charge in [-0.25, -0.2) is 0 Å². The minimum absolute atomic E-state index is 0.00988. The van der Waals surface area contributed by atoms with Crippen LogP contribution in [0.5, 0.6) is 0 Å². The highest BCUT2D eigenvalue weighted by molar-refractivity contribution is 8.00. The zero-order valence-corrected chi connectivity index (χ0v) is 11.3. The molecule has 1 aliphatic carbocycles. The van der Waals surface area contributed by atoms with Gasteiger partial charge in [0.15, 0.2) is 0 Å². The SMILES string of the molecule is C[C@@H]1[C@H](C)CCC[C@H]1NC(=O)CSCC(=O)O. The molecule has 0 radical (unpaired) electrons. The van der Waals surface area contributed by atoms with Crippen LogP contribution < -0.4 is 5.32 Å². The molecule has 1 aliphatic rings. The van der Waals surface area contributed by atoms with E-state index in [0.717, 1.165) is 18.2 Å². The fourth-order valence-electron chi connectivity index (χ4n) is 2.27. The van der Waals surface area contributed by atoms with Gasteiger partial charge in [-0.1, -0.05) is 26.7 Å². The van der Waals surface area contributed by atoms with Crippen molar-refractivity contribution in [2.75, 3.05) is 11.5 Å². The summed E-state index contributed by atoms with van der Waals surface area (Å²) in [7, 11) is 0. The van der Waals surface area contributed by atoms with E-state index in [4.69, 9.17) is 5.11 Å². The highest BCUT2D eigenvalue weighted by Gasteiger charge is 2.27. The van der Waals surface area contributed by atoms with Crippen molar-refractivity contribution in [2.45, 2.75) is 39.2 Å². The van der Waals surface area contributed by atoms with Crippen molar-refractivity contribution in [1.82, 2.24) is 5.32 Å². The number of hydrogen-bond donors (Lipinski definition) is 2. The quantitative estimate of drug-likeness (QED) is 0.789. The van der Waals surface area contributed by atoms with Gasteiger partial charge in [-0.15, -0.1) is 11.8 Å². The van der Waals surface area contributed by atoms with Crippen LogP contribution in [0.2, 0.25) is 0 Å². The normalized spacial score (nSPS) is 28.7. The fraction of sp³-hybridized carbons (Fsp3) is 0.833. The zero-order valence-electron chi connectivity index (χ0n) is 10.4. The first-order valence-electron chi connectivity index (χ1n) is 6.09. The van der Waals surface area contributed by atoms with Crippen LogP contribution in [-0.2, 0) is 9.59 Å². The van der Waals surface area contributed by atoms with E-state index in [-0.39, 0.29) is 23.5 Å². The summed E-state index contributed by atoms with van der Waals surface area (Å²) in [6.07, 6.45) is 3.45. The lowest BCUT2D eigenvalue weighted by Gasteiger charge is -2.34. The van der Waals surface area contributed by atoms with Gasteiger partial charge >= 0.3 is 5.97 Å². The Labute approximate surface area is 107 Å². The molecule has 3 atom stereocenters. The second-order valence-electron chi connectivity index (χ2n) is 4.83. The summed E-state index contributed by atoms with van der Waals surface area (Å²) in [6.45, 7) is 4.40. The molecular formula is C12H21NO3S. The molecule has 0 saturated heterocycles. The fourth-order valence-corrected chi connectivity index (χ4v) is 2.81. The third kappa shape index (κ3) is 4.98. The minimum Gasteiger partial charge on any atom is -0.481 e. The Kier molecular flexibility index (Phi) is 5.82. The van der Waals surface area contributed by atoms with E-state index in [0.29, 0.717) is 11.8 Å². The highest BCUT2D eigenvalue weighted by atomic mass is 32.2. The largest absolute Gasteiger partial charge is 0.481 e. The second-order valence-corrected chi connectivity index (χ2v) is 5.81. The van der Waals surface area contributed by atoms with E-state index in [1.807, 2.05) is 0 Å². The third-order valence-corrected chi connectivity index (χ3v) is 4.43. The van der Waals surface area contributed by atoms with E-state index < -0.39 is 5.97 Å². The topological polar surface area (TPSA) is 66.4 Å². The average molecular weight is 259 g/mol. The lowest BCUT2D eigenvalue weighted by atomic mass is 9.78. The smallest absolute Gasteiger partial charge is 0.313 e. The molecule has 1 fully saturated rings. The Balaban J connectivity index is 2.27. The van der Waals surface area contributed by atoms with Gasteiger partial charge in [0.05, 0.1) is 11.5 Å². The van der Waals surface area contributed by atoms with Crippen LogP contribution in [-0.4, -0.2) is 34.5 Å². The third-order valence-electron chi connectivity index (χ3n) is 3.51. The number of rotatable bonds is 5. The van der Waals surface area contributed by atoms with Crippen molar-refractivity contribution in [1.29, 1.82) is 0 Å². The molecule has 0 spiro atoms. The van der Waals surface area contributed by atoms with Gasteiger partial charge in [0.1, 0.15) is 0 Å². The summed E-state index contributed by atoms with van der Waals surface area (Å²) in [6, 6.07) is 0.261. The molecule has 17 heavy (non-hydrogen) atoms. The molecule has 0 bridgehead atoms. The Morgan fingerprint density at radius 2 is 2.00 bits per heavy atom. The molecule has 0 aromatic carbocycles. The van der Waals surface area contributed by atoms with Crippen molar-refractivity contribution < 1.29 is 14.7 Å². The number of nitrogens with one attached hydrogen (secondary N) is 1. The van der Waals surface area contributed by atoms with Crippen LogP contribution in [0.25, 0.3) is 0 Å². The molecule has 0 aliphatic heterocycles. The first-order valence-corrected chi connectivity index (χ1v) is 7.25. The number of carboxylic acids is 1. The van der Waals surface area contributed by atoms with E-state index >= 15 is 0 Å². The van der Waals surface area contributed by atoms with Crippen LogP contribution in [0.15, 0.2) is 0 Å². The number of hydrogen-bond acceptors (Lipinski definition) is 3. The predicted molar refractivity (Wildman–Crippen MR) is 69.1 cm³/mol. The molecule has 4 nitrogen and oxygen atoms in total. The van der Waals surface area contributed by atoms with Gasteiger partial charge in [0.25, 0.3) is 0 Å². The molecule has 0 aromatic heterocycles. The van der Waals surface area contributed by atoms with Gasteiger partial charge in [0.2, 0.25) is 5.91 Å². The summed E-state index contributed by atoms with van der Waals surface area (Å²) in [5.74, 6) is 0.482. The monoisotopic (exact) mass is 259 g/mol. The Morgan fingerprint density at radius 1 is 1.29 bits per heavy atom. The van der Waals surface area contributed by atoms with Crippen molar-refractivity contribution in [3.8, 4) is 0 Å². The van der Waals surface area contributed by atoms with Crippen molar-refractivity contribution in [3.05, 3.63) is 0 Å². The predicted octanol–water partition coefficient (Wildman–Crippen LogP) is 1.75. The summed E-state index contributed by atoms with van der Waals surface area (Å²) >= 11 is 1.15. The minimum atomic E-state index is -0.873. The van der Waals surface area contributed by atoms with Gasteiger partial charge < -0.3 is 10.4 Å². The maximum absolute atomic E-state index is 11.6. The number of amides is 1. The summed E-state index contributed by atoms with van der Waals surface area (Å²) < 4.78 is 0. The molecule has 5 heteroatoms. The first-order chi connectivity index (χ1) is 8.00. The maximum atomic E-state index is 11.6. The van der Waals surface area contributed by atoms with Crippen LogP contribution in [0, 0.1) is 11.8 Å². The Bertz CT molecular complexity index is 283. The Morgan fingerprint density at radius 3 is 2.65 bits per heavy atom. The van der Waals surface area contributed by atoms with E-state index in [9.17, 15) is 9.59 Å². The molecular weight excluding hydrogens is 238 g/mol. The van der Waals surface area contributed by atoms with Gasteiger partial charge in [-0.3, -0.25) is 9.59 Å². The second kappa shape index (κ2) is 6.89. The van der Waals surface area contributed by atoms with E-state index in [1.165, 1.54) is 12.8 Å². The molecule has 1 amide bonds. The summed E-state index contributed by atoms with van der Waals surface area (Å²) in [4.78, 5) is 21.9. The van der Waals surface area contributed by atoms with Crippen LogP contribution >= 0.6 is 11.8 Å². The van der Waals surface area contributed by atoms with Crippen molar-refractivity contribution >= 4 is 23.6 Å². The molecule has 0 unspecified atom stereocenters. The number of carbonyl (C=O) groups excluding carboxylic acids is 1. The highest BCUT2D eigenvalue weighted by Crippen LogP contribution is 2.29. The zero-order chi connectivity index (χ0) is 12.8. The maximum Gasteiger partial charge on any atom is 0.313 e. The van der Waals surface area contributed by atoms with Crippen molar-refractivity contribution in [3.63, 3.8) is 0 Å². The summed E-state index contributed by atoms with van der Waals surface area (Å²) in [5, 5.41) is 11.5. The van der Waals surface area contributed by atoms with Gasteiger partial charge in [-0.2, -0.15) is 0 Å². The average Bonchev–Trinajstić information content (AvgIpc) is 2.24. The Hall–Kier alpha value is -0.710. The van der Waals surface area contributed by atoms with Crippen LogP contribution in [0.4, 0.5) is 0 Å². The van der Waals surface area contributed by atoms with Crippen molar-refractivity contribution in [2.24, 2.45) is 11.8 Å². The number of carbonyl (C=O) groups is 2. The number of aliphatic carboxylic acids is 1. The van der Waals surface area contributed by atoms with E-state index in [2.05, 4.69) is 19.2 Å². The van der Waals surface area contributed by atoms with Gasteiger partial charge in [-0.05, 0) is 18.3 Å². The molecule has 2 N–H and O–H groups in total. The lowest BCUT2D eigenvalue weighted by molar-refractivity contribution is -0.133.